The van der Waals surface area contributed by atoms with Crippen molar-refractivity contribution in [1.82, 2.24) is 0 Å². The van der Waals surface area contributed by atoms with Crippen molar-refractivity contribution in [1.29, 1.82) is 0 Å². The highest BCUT2D eigenvalue weighted by molar-refractivity contribution is 5.97. The van der Waals surface area contributed by atoms with E-state index in [2.05, 4.69) is 19.9 Å². The van der Waals surface area contributed by atoms with Gasteiger partial charge in [0.1, 0.15) is 6.29 Å². The largest absolute Gasteiger partial charge is 0.299 e. The Labute approximate surface area is 134 Å². The van der Waals surface area contributed by atoms with Crippen molar-refractivity contribution in [2.45, 2.75) is 47.5 Å². The summed E-state index contributed by atoms with van der Waals surface area (Å²) in [5, 5.41) is 0. The van der Waals surface area contributed by atoms with Crippen molar-refractivity contribution in [2.24, 2.45) is 5.41 Å². The Morgan fingerprint density at radius 3 is 2.32 bits per heavy atom. The van der Waals surface area contributed by atoms with Crippen molar-refractivity contribution < 1.29 is 9.59 Å². The molecule has 22 heavy (non-hydrogen) atoms. The summed E-state index contributed by atoms with van der Waals surface area (Å²) in [7, 11) is 0. The molecular weight excluding hydrogens is 272 g/mol. The molecule has 1 aliphatic carbocycles. The first-order chi connectivity index (χ1) is 10.2. The fourth-order valence-electron chi connectivity index (χ4n) is 2.44. The van der Waals surface area contributed by atoms with Gasteiger partial charge in [0, 0.05) is 6.42 Å². The first-order valence-corrected chi connectivity index (χ1v) is 7.63. The predicted octanol–water partition coefficient (Wildman–Crippen LogP) is 4.90. The summed E-state index contributed by atoms with van der Waals surface area (Å²) < 4.78 is 0. The van der Waals surface area contributed by atoms with Crippen LogP contribution in [0.1, 0.15) is 47.5 Å². The van der Waals surface area contributed by atoms with Crippen molar-refractivity contribution >= 4 is 12.1 Å². The molecule has 0 atom stereocenters. The van der Waals surface area contributed by atoms with Crippen LogP contribution in [0.5, 0.6) is 0 Å². The molecule has 118 valence electrons. The van der Waals surface area contributed by atoms with Crippen LogP contribution < -0.4 is 0 Å². The zero-order chi connectivity index (χ0) is 16.8. The molecule has 1 rings (SSSR count). The molecule has 0 radical (unpaired) electrons. The molecule has 0 fully saturated rings. The number of carbonyl (C=O) groups is 2. The minimum absolute atomic E-state index is 0.0462. The molecule has 0 aromatic rings. The van der Waals surface area contributed by atoms with Gasteiger partial charge in [-0.15, -0.1) is 0 Å². The summed E-state index contributed by atoms with van der Waals surface area (Å²) in [6, 6.07) is 0. The third kappa shape index (κ3) is 5.80. The van der Waals surface area contributed by atoms with E-state index >= 15 is 0 Å². The summed E-state index contributed by atoms with van der Waals surface area (Å²) in [5.74, 6) is 0.257. The maximum absolute atomic E-state index is 12.0. The molecule has 0 aliphatic heterocycles. The lowest BCUT2D eigenvalue weighted by Crippen LogP contribution is -2.24. The maximum atomic E-state index is 12.0. The van der Waals surface area contributed by atoms with Crippen LogP contribution in [0, 0.1) is 5.41 Å². The summed E-state index contributed by atoms with van der Waals surface area (Å²) in [4.78, 5) is 22.4. The van der Waals surface area contributed by atoms with E-state index in [0.717, 1.165) is 35.0 Å². The van der Waals surface area contributed by atoms with Gasteiger partial charge < -0.3 is 0 Å². The van der Waals surface area contributed by atoms with Crippen molar-refractivity contribution in [3.8, 4) is 0 Å². The number of aldehydes is 1. The van der Waals surface area contributed by atoms with Gasteiger partial charge in [-0.1, -0.05) is 49.8 Å². The zero-order valence-corrected chi connectivity index (χ0v) is 14.3. The van der Waals surface area contributed by atoms with Crippen LogP contribution in [0.2, 0.25) is 0 Å². The Bertz CT molecular complexity index is 593. The normalized spacial score (nSPS) is 20.3. The molecule has 0 amide bonds. The number of rotatable bonds is 5. The maximum Gasteiger partial charge on any atom is 0.159 e. The highest BCUT2D eigenvalue weighted by atomic mass is 16.1. The number of carbonyl (C=O) groups excluding carboxylic acids is 2. The summed E-state index contributed by atoms with van der Waals surface area (Å²) in [6.07, 6.45) is 13.8. The van der Waals surface area contributed by atoms with Gasteiger partial charge in [-0.3, -0.25) is 9.59 Å². The van der Waals surface area contributed by atoms with E-state index in [0.29, 0.717) is 6.42 Å². The monoisotopic (exact) mass is 298 g/mol. The minimum Gasteiger partial charge on any atom is -0.299 e. The van der Waals surface area contributed by atoms with Crippen LogP contribution >= 0.6 is 0 Å². The van der Waals surface area contributed by atoms with Gasteiger partial charge in [-0.25, -0.2) is 0 Å². The van der Waals surface area contributed by atoms with Crippen LogP contribution in [0.15, 0.2) is 58.7 Å². The van der Waals surface area contributed by atoms with E-state index in [1.165, 1.54) is 6.08 Å². The van der Waals surface area contributed by atoms with Crippen LogP contribution in [-0.2, 0) is 9.59 Å². The number of allylic oxidation sites excluding steroid dienone is 10. The van der Waals surface area contributed by atoms with Gasteiger partial charge in [0.15, 0.2) is 5.78 Å². The van der Waals surface area contributed by atoms with Crippen molar-refractivity contribution in [3.63, 3.8) is 0 Å². The molecule has 0 aromatic carbocycles. The van der Waals surface area contributed by atoms with E-state index in [1.54, 1.807) is 0 Å². The van der Waals surface area contributed by atoms with Gasteiger partial charge in [0.2, 0.25) is 0 Å². The fourth-order valence-corrected chi connectivity index (χ4v) is 2.44. The predicted molar refractivity (Wildman–Crippen MR) is 92.6 cm³/mol. The molecule has 0 N–H and O–H groups in total. The van der Waals surface area contributed by atoms with Crippen molar-refractivity contribution in [2.75, 3.05) is 0 Å². The fraction of sp³-hybridized carbons (Fsp3) is 0.400. The van der Waals surface area contributed by atoms with E-state index in [9.17, 15) is 9.59 Å². The van der Waals surface area contributed by atoms with Gasteiger partial charge in [-0.05, 0) is 55.4 Å². The molecule has 0 spiro atoms. The molecule has 0 bridgehead atoms. The third-order valence-electron chi connectivity index (χ3n) is 3.80. The smallest absolute Gasteiger partial charge is 0.159 e. The van der Waals surface area contributed by atoms with E-state index in [4.69, 9.17) is 0 Å². The number of ketones is 1. The summed E-state index contributed by atoms with van der Waals surface area (Å²) in [6.45, 7) is 10.1. The Kier molecular flexibility index (Phi) is 6.48. The Morgan fingerprint density at radius 2 is 1.68 bits per heavy atom. The molecule has 0 heterocycles. The number of Topliss-reactive ketones (excluding diaryl/α,β-unsaturated/α-hetero) is 1. The van der Waals surface area contributed by atoms with Crippen LogP contribution in [0.25, 0.3) is 0 Å². The van der Waals surface area contributed by atoms with E-state index in [-0.39, 0.29) is 11.2 Å². The molecule has 0 aromatic heterocycles. The lowest BCUT2D eigenvalue weighted by atomic mass is 9.74. The Hall–Kier alpha value is -1.96. The van der Waals surface area contributed by atoms with E-state index < -0.39 is 0 Å². The highest BCUT2D eigenvalue weighted by Crippen LogP contribution is 2.37. The lowest BCUT2D eigenvalue weighted by Gasteiger charge is -2.30. The second-order valence-corrected chi connectivity index (χ2v) is 6.74. The molecule has 2 nitrogen and oxygen atoms in total. The lowest BCUT2D eigenvalue weighted by molar-refractivity contribution is -0.118. The van der Waals surface area contributed by atoms with Gasteiger partial charge in [0.05, 0.1) is 0 Å². The molecule has 0 unspecified atom stereocenters. The first-order valence-electron chi connectivity index (χ1n) is 7.63. The second-order valence-electron chi connectivity index (χ2n) is 6.74. The van der Waals surface area contributed by atoms with Crippen LogP contribution in [0.3, 0.4) is 0 Å². The quantitative estimate of drug-likeness (QED) is 0.411. The van der Waals surface area contributed by atoms with Gasteiger partial charge in [-0.2, -0.15) is 0 Å². The Balaban J connectivity index is 2.82. The first kappa shape index (κ1) is 18.1. The number of hydrogen-bond acceptors (Lipinski definition) is 2. The molecular formula is C20H26O2. The Morgan fingerprint density at radius 1 is 1.05 bits per heavy atom. The molecule has 0 saturated heterocycles. The standard InChI is InChI=1S/C20H26O2/c1-15(7-6-8-16(2)11-12-21)9-10-18-13-20(4,5)14-19(22)17(18)3/h6-12H,13-14H2,1-5H3. The molecule has 2 heteroatoms. The van der Waals surface area contributed by atoms with Crippen molar-refractivity contribution in [3.05, 3.63) is 58.7 Å². The average Bonchev–Trinajstić information content (AvgIpc) is 2.41. The molecule has 1 aliphatic rings. The summed E-state index contributed by atoms with van der Waals surface area (Å²) >= 11 is 0. The minimum atomic E-state index is 0.0462. The van der Waals surface area contributed by atoms with E-state index in [1.807, 2.05) is 45.1 Å². The third-order valence-corrected chi connectivity index (χ3v) is 3.80. The second kappa shape index (κ2) is 7.88. The average molecular weight is 298 g/mol. The number of hydrogen-bond donors (Lipinski definition) is 0. The molecule has 0 saturated carbocycles. The zero-order valence-electron chi connectivity index (χ0n) is 14.3. The van der Waals surface area contributed by atoms with Crippen LogP contribution in [0.4, 0.5) is 0 Å². The SMILES string of the molecule is CC(C=CC=C(C)C=CC1=C(C)C(=O)CC(C)(C)C1)=CC=O. The highest BCUT2D eigenvalue weighted by Gasteiger charge is 2.29. The topological polar surface area (TPSA) is 34.1 Å². The van der Waals surface area contributed by atoms with Gasteiger partial charge >= 0.3 is 0 Å². The van der Waals surface area contributed by atoms with Gasteiger partial charge in [0.25, 0.3) is 0 Å². The van der Waals surface area contributed by atoms with Crippen LogP contribution in [-0.4, -0.2) is 12.1 Å². The summed E-state index contributed by atoms with van der Waals surface area (Å²) in [5.41, 5.74) is 4.09.